The maximum atomic E-state index is 14.6. The van der Waals surface area contributed by atoms with Crippen molar-refractivity contribution in [3.8, 4) is 0 Å². The Balaban J connectivity index is 1.06. The minimum Gasteiger partial charge on any atom is -0.290 e. The molecular formula is C36H45N3O3. The summed E-state index contributed by atoms with van der Waals surface area (Å²) in [6.45, 7) is 0. The Morgan fingerprint density at radius 2 is 0.524 bits per heavy atom. The van der Waals surface area contributed by atoms with Crippen LogP contribution in [0.1, 0.15) is 147 Å². The van der Waals surface area contributed by atoms with Gasteiger partial charge in [0, 0.05) is 16.2 Å². The molecule has 0 aliphatic heterocycles. The van der Waals surface area contributed by atoms with Crippen molar-refractivity contribution in [2.75, 3.05) is 0 Å². The van der Waals surface area contributed by atoms with Crippen LogP contribution in [-0.4, -0.2) is 32.3 Å². The molecule has 1 aromatic rings. The number of carbonyl (C=O) groups excluding carboxylic acids is 3. The summed E-state index contributed by atoms with van der Waals surface area (Å²) in [5.41, 5.74) is -1.21. The van der Waals surface area contributed by atoms with Crippen LogP contribution in [0.4, 0.5) is 0 Å². The van der Waals surface area contributed by atoms with Crippen molar-refractivity contribution in [2.24, 2.45) is 69.5 Å². The van der Waals surface area contributed by atoms with E-state index in [1.165, 1.54) is 57.8 Å². The van der Waals surface area contributed by atoms with E-state index in [0.29, 0.717) is 53.3 Å². The first kappa shape index (κ1) is 25.4. The summed E-state index contributed by atoms with van der Waals surface area (Å²) >= 11 is 0. The number of hydrogen-bond donors (Lipinski definition) is 0. The first-order valence-corrected chi connectivity index (χ1v) is 17.7. The van der Waals surface area contributed by atoms with Gasteiger partial charge in [0.2, 0.25) is 34.8 Å². The molecule has 12 saturated carbocycles. The van der Waals surface area contributed by atoms with Gasteiger partial charge in [0.05, 0.1) is 0 Å². The van der Waals surface area contributed by atoms with Gasteiger partial charge in [0.25, 0.3) is 0 Å². The van der Waals surface area contributed by atoms with Gasteiger partial charge in [-0.05, 0) is 169 Å². The lowest BCUT2D eigenvalue weighted by molar-refractivity contribution is -0.0374. The summed E-state index contributed by atoms with van der Waals surface area (Å²) in [7, 11) is 0. The number of hydrogen-bond acceptors (Lipinski definition) is 6. The van der Waals surface area contributed by atoms with Crippen LogP contribution in [0.15, 0.2) is 0 Å². The molecule has 13 rings (SSSR count). The molecule has 0 atom stereocenters. The van der Waals surface area contributed by atoms with E-state index in [1.54, 1.807) is 0 Å². The van der Waals surface area contributed by atoms with E-state index in [2.05, 4.69) is 0 Å². The quantitative estimate of drug-likeness (QED) is 0.342. The van der Waals surface area contributed by atoms with Crippen molar-refractivity contribution in [1.29, 1.82) is 0 Å². The van der Waals surface area contributed by atoms with E-state index in [9.17, 15) is 14.4 Å². The predicted octanol–water partition coefficient (Wildman–Crippen LogP) is 7.07. The lowest BCUT2D eigenvalue weighted by Crippen LogP contribution is -2.52. The molecule has 12 fully saturated rings. The second-order valence-electron chi connectivity index (χ2n) is 17.9. The molecule has 1 aromatic heterocycles. The van der Waals surface area contributed by atoms with Gasteiger partial charge in [-0.2, -0.15) is 0 Å². The average molecular weight is 568 g/mol. The fourth-order valence-electron chi connectivity index (χ4n) is 14.6. The molecule has 1 heterocycles. The van der Waals surface area contributed by atoms with E-state index < -0.39 is 16.2 Å². The van der Waals surface area contributed by atoms with Crippen molar-refractivity contribution in [3.63, 3.8) is 0 Å². The molecule has 42 heavy (non-hydrogen) atoms. The van der Waals surface area contributed by atoms with Gasteiger partial charge in [-0.3, -0.25) is 14.4 Å². The number of aromatic nitrogens is 3. The van der Waals surface area contributed by atoms with Crippen LogP contribution in [0, 0.1) is 69.5 Å². The molecule has 12 aliphatic carbocycles. The summed E-state index contributed by atoms with van der Waals surface area (Å²) in [4.78, 5) is 58.1. The molecule has 0 amide bonds. The van der Waals surface area contributed by atoms with E-state index in [1.807, 2.05) is 0 Å². The number of Topliss-reactive ketones (excluding diaryl/α,β-unsaturated/α-hetero) is 3. The predicted molar refractivity (Wildman–Crippen MR) is 155 cm³/mol. The molecule has 0 saturated heterocycles. The first-order chi connectivity index (χ1) is 20.3. The van der Waals surface area contributed by atoms with E-state index in [0.717, 1.165) is 57.8 Å². The minimum atomic E-state index is -0.405. The third-order valence-electron chi connectivity index (χ3n) is 14.8. The maximum Gasteiger partial charge on any atom is 0.206 e. The zero-order valence-corrected chi connectivity index (χ0v) is 25.0. The van der Waals surface area contributed by atoms with E-state index >= 15 is 0 Å². The Morgan fingerprint density at radius 1 is 0.357 bits per heavy atom. The normalized spacial score (nSPS) is 50.4. The average Bonchev–Trinajstić information content (AvgIpc) is 2.93. The largest absolute Gasteiger partial charge is 0.290 e. The Hall–Kier alpha value is -1.98. The SMILES string of the molecule is O=C(c1nc(C(=O)C23CC4CC(CC(C4)C2)C3)nc(C(=O)C23CC4CC(CC(C4)C2)C3)n1)C12CC3CC(CC(C3)C1)C2. The second kappa shape index (κ2) is 8.38. The third-order valence-corrected chi connectivity index (χ3v) is 14.8. The summed E-state index contributed by atoms with van der Waals surface area (Å²) in [5, 5.41) is 0. The molecular weight excluding hydrogens is 522 g/mol. The van der Waals surface area contributed by atoms with Gasteiger partial charge in [0.1, 0.15) is 0 Å². The lowest BCUT2D eigenvalue weighted by atomic mass is 9.48. The minimum absolute atomic E-state index is 0.0168. The van der Waals surface area contributed by atoms with Gasteiger partial charge in [-0.15, -0.1) is 0 Å². The highest BCUT2D eigenvalue weighted by Crippen LogP contribution is 2.63. The highest BCUT2D eigenvalue weighted by atomic mass is 16.1. The summed E-state index contributed by atoms with van der Waals surface area (Å²) in [5.74, 6) is 6.14. The van der Waals surface area contributed by atoms with Crippen molar-refractivity contribution in [3.05, 3.63) is 17.5 Å². The lowest BCUT2D eigenvalue weighted by Gasteiger charge is -2.56. The van der Waals surface area contributed by atoms with Crippen molar-refractivity contribution >= 4 is 17.3 Å². The van der Waals surface area contributed by atoms with Crippen LogP contribution >= 0.6 is 0 Å². The van der Waals surface area contributed by atoms with E-state index in [4.69, 9.17) is 15.0 Å². The highest BCUT2D eigenvalue weighted by molar-refractivity contribution is 6.04. The molecule has 0 N–H and O–H groups in total. The van der Waals surface area contributed by atoms with Gasteiger partial charge in [-0.1, -0.05) is 0 Å². The van der Waals surface area contributed by atoms with Gasteiger partial charge in [-0.25, -0.2) is 15.0 Å². The van der Waals surface area contributed by atoms with Crippen LogP contribution in [0.5, 0.6) is 0 Å². The smallest absolute Gasteiger partial charge is 0.206 e. The number of ketones is 3. The van der Waals surface area contributed by atoms with Crippen LogP contribution in [-0.2, 0) is 0 Å². The third kappa shape index (κ3) is 3.56. The van der Waals surface area contributed by atoms with Crippen molar-refractivity contribution < 1.29 is 14.4 Å². The Labute approximate surface area is 249 Å². The number of rotatable bonds is 6. The highest BCUT2D eigenvalue weighted by Gasteiger charge is 2.59. The van der Waals surface area contributed by atoms with Crippen LogP contribution in [0.25, 0.3) is 0 Å². The molecule has 0 spiro atoms. The molecule has 0 radical (unpaired) electrons. The second-order valence-corrected chi connectivity index (χ2v) is 17.9. The monoisotopic (exact) mass is 567 g/mol. The fraction of sp³-hybridized carbons (Fsp3) is 0.833. The molecule has 0 unspecified atom stereocenters. The Bertz CT molecular complexity index is 1130. The summed E-state index contributed by atoms with van der Waals surface area (Å²) in [6.07, 6.45) is 19.7. The zero-order valence-electron chi connectivity index (χ0n) is 25.0. The van der Waals surface area contributed by atoms with Crippen molar-refractivity contribution in [1.82, 2.24) is 15.0 Å². The van der Waals surface area contributed by atoms with Gasteiger partial charge >= 0.3 is 0 Å². The van der Waals surface area contributed by atoms with Crippen LogP contribution in [0.3, 0.4) is 0 Å². The molecule has 12 bridgehead atoms. The van der Waals surface area contributed by atoms with Crippen LogP contribution < -0.4 is 0 Å². The summed E-state index contributed by atoms with van der Waals surface area (Å²) in [6, 6.07) is 0. The maximum absolute atomic E-state index is 14.6. The fourth-order valence-corrected chi connectivity index (χ4v) is 14.6. The standard InChI is InChI=1S/C36H45N3O3/c40-28(34-10-19-1-20(11-34)3-21(2-19)12-34)31-37-32(29(41)35-13-22-4-23(14-35)6-24(5-22)15-35)39-33(38-31)30(42)36-16-25-7-26(17-36)9-27(8-25)18-36/h19-27H,1-18H2. The van der Waals surface area contributed by atoms with Gasteiger partial charge in [0.15, 0.2) is 0 Å². The van der Waals surface area contributed by atoms with E-state index in [-0.39, 0.29) is 34.8 Å². The zero-order chi connectivity index (χ0) is 28.0. The van der Waals surface area contributed by atoms with Crippen LogP contribution in [0.2, 0.25) is 0 Å². The first-order valence-electron chi connectivity index (χ1n) is 17.7. The molecule has 12 aliphatic rings. The molecule has 0 aromatic carbocycles. The summed E-state index contributed by atoms with van der Waals surface area (Å²) < 4.78 is 0. The topological polar surface area (TPSA) is 89.9 Å². The Kier molecular flexibility index (Phi) is 5.06. The van der Waals surface area contributed by atoms with Crippen molar-refractivity contribution in [2.45, 2.75) is 116 Å². The number of nitrogens with zero attached hydrogens (tertiary/aromatic N) is 3. The molecule has 6 nitrogen and oxygen atoms in total. The molecule has 222 valence electrons. The Morgan fingerprint density at radius 3 is 0.690 bits per heavy atom. The number of carbonyl (C=O) groups is 3. The van der Waals surface area contributed by atoms with Gasteiger partial charge < -0.3 is 0 Å². The molecule has 6 heteroatoms.